The maximum atomic E-state index is 4.34. The lowest BCUT2D eigenvalue weighted by Crippen LogP contribution is -2.08. The Labute approximate surface area is 95.4 Å². The Hall–Kier alpha value is -1.22. The van der Waals surface area contributed by atoms with Gasteiger partial charge >= 0.3 is 0 Å². The molecular formula is C12H14N2S. The van der Waals surface area contributed by atoms with Gasteiger partial charge in [-0.15, -0.1) is 12.6 Å². The Bertz CT molecular complexity index is 422. The molecule has 0 saturated carbocycles. The molecule has 2 nitrogen and oxygen atoms in total. The predicted molar refractivity (Wildman–Crippen MR) is 64.4 cm³/mol. The van der Waals surface area contributed by atoms with E-state index >= 15 is 0 Å². The molecule has 3 heteroatoms. The Kier molecular flexibility index (Phi) is 3.11. The van der Waals surface area contributed by atoms with Crippen molar-refractivity contribution in [3.8, 4) is 0 Å². The van der Waals surface area contributed by atoms with Crippen LogP contribution in [0.1, 0.15) is 24.9 Å². The van der Waals surface area contributed by atoms with Crippen molar-refractivity contribution in [2.24, 2.45) is 0 Å². The fraction of sp³-hybridized carbons (Fsp3) is 0.250. The van der Waals surface area contributed by atoms with Gasteiger partial charge in [0.2, 0.25) is 0 Å². The molecule has 1 heterocycles. The highest BCUT2D eigenvalue weighted by molar-refractivity contribution is 7.80. The zero-order valence-electron chi connectivity index (χ0n) is 8.67. The molecule has 0 aliphatic carbocycles. The van der Waals surface area contributed by atoms with Crippen molar-refractivity contribution in [3.05, 3.63) is 48.3 Å². The van der Waals surface area contributed by atoms with Crippen molar-refractivity contribution in [2.45, 2.75) is 24.5 Å². The monoisotopic (exact) mass is 218 g/mol. The number of hydrogen-bond donors (Lipinski definition) is 1. The molecule has 2 aromatic rings. The molecule has 2 rings (SSSR count). The third-order valence-corrected chi connectivity index (χ3v) is 2.90. The molecule has 0 saturated heterocycles. The van der Waals surface area contributed by atoms with Gasteiger partial charge in [-0.2, -0.15) is 0 Å². The van der Waals surface area contributed by atoms with E-state index in [4.69, 9.17) is 0 Å². The van der Waals surface area contributed by atoms with Crippen LogP contribution in [-0.2, 0) is 0 Å². The highest BCUT2D eigenvalue weighted by atomic mass is 32.1. The molecule has 1 aromatic heterocycles. The summed E-state index contributed by atoms with van der Waals surface area (Å²) in [4.78, 5) is 4.14. The summed E-state index contributed by atoms with van der Waals surface area (Å²) in [7, 11) is 0. The molecule has 0 aliphatic heterocycles. The van der Waals surface area contributed by atoms with Gasteiger partial charge in [-0.05, 0) is 12.0 Å². The van der Waals surface area contributed by atoms with Crippen LogP contribution in [0.15, 0.2) is 47.9 Å². The molecule has 78 valence electrons. The molecule has 0 radical (unpaired) electrons. The molecule has 0 fully saturated rings. The summed E-state index contributed by atoms with van der Waals surface area (Å²) in [5.41, 5.74) is 1.30. The maximum absolute atomic E-state index is 4.34. The number of aromatic nitrogens is 2. The van der Waals surface area contributed by atoms with E-state index in [0.717, 1.165) is 11.6 Å². The van der Waals surface area contributed by atoms with Crippen molar-refractivity contribution in [1.82, 2.24) is 9.55 Å². The molecule has 1 unspecified atom stereocenters. The van der Waals surface area contributed by atoms with Gasteiger partial charge < -0.3 is 4.57 Å². The second kappa shape index (κ2) is 4.53. The first-order valence-electron chi connectivity index (χ1n) is 5.09. The van der Waals surface area contributed by atoms with Gasteiger partial charge in [0.05, 0.1) is 6.04 Å². The molecule has 0 amide bonds. The van der Waals surface area contributed by atoms with Crippen LogP contribution in [0.5, 0.6) is 0 Å². The van der Waals surface area contributed by atoms with Gasteiger partial charge in [-0.3, -0.25) is 0 Å². The molecule has 0 spiro atoms. The third-order valence-electron chi connectivity index (χ3n) is 2.56. The number of benzene rings is 1. The zero-order chi connectivity index (χ0) is 10.7. The van der Waals surface area contributed by atoms with E-state index in [-0.39, 0.29) is 0 Å². The van der Waals surface area contributed by atoms with Gasteiger partial charge in [0.25, 0.3) is 0 Å². The van der Waals surface area contributed by atoms with Gasteiger partial charge in [0, 0.05) is 12.4 Å². The van der Waals surface area contributed by atoms with Crippen LogP contribution in [0, 0.1) is 0 Å². The van der Waals surface area contributed by atoms with E-state index < -0.39 is 0 Å². The summed E-state index contributed by atoms with van der Waals surface area (Å²) in [6.45, 7) is 2.17. The average molecular weight is 218 g/mol. The predicted octanol–water partition coefficient (Wildman–Crippen LogP) is 3.17. The van der Waals surface area contributed by atoms with Crippen molar-refractivity contribution in [2.75, 3.05) is 0 Å². The average Bonchev–Trinajstić information content (AvgIpc) is 2.68. The number of thiol groups is 1. The first-order valence-corrected chi connectivity index (χ1v) is 5.54. The van der Waals surface area contributed by atoms with E-state index in [1.54, 1.807) is 6.20 Å². The number of rotatable bonds is 3. The van der Waals surface area contributed by atoms with E-state index in [1.807, 2.05) is 12.3 Å². The minimum absolute atomic E-state index is 0.334. The first kappa shape index (κ1) is 10.3. The summed E-state index contributed by atoms with van der Waals surface area (Å²) < 4.78 is 2.10. The highest BCUT2D eigenvalue weighted by Gasteiger charge is 2.12. The van der Waals surface area contributed by atoms with E-state index in [9.17, 15) is 0 Å². The fourth-order valence-corrected chi connectivity index (χ4v) is 2.09. The van der Waals surface area contributed by atoms with Gasteiger partial charge in [-0.1, -0.05) is 37.3 Å². The van der Waals surface area contributed by atoms with Crippen LogP contribution in [0.2, 0.25) is 0 Å². The lowest BCUT2D eigenvalue weighted by molar-refractivity contribution is 0.525. The number of hydrogen-bond acceptors (Lipinski definition) is 2. The Morgan fingerprint density at radius 1 is 1.33 bits per heavy atom. The summed E-state index contributed by atoms with van der Waals surface area (Å²) in [6, 6.07) is 10.8. The molecule has 15 heavy (non-hydrogen) atoms. The Morgan fingerprint density at radius 2 is 2.07 bits per heavy atom. The summed E-state index contributed by atoms with van der Waals surface area (Å²) in [6.07, 6.45) is 4.80. The lowest BCUT2D eigenvalue weighted by atomic mass is 10.0. The molecule has 1 atom stereocenters. The van der Waals surface area contributed by atoms with Crippen molar-refractivity contribution >= 4 is 12.6 Å². The van der Waals surface area contributed by atoms with Crippen LogP contribution in [0.3, 0.4) is 0 Å². The fourth-order valence-electron chi connectivity index (χ4n) is 1.82. The van der Waals surface area contributed by atoms with Crippen molar-refractivity contribution < 1.29 is 0 Å². The van der Waals surface area contributed by atoms with Crippen molar-refractivity contribution in [1.29, 1.82) is 0 Å². The van der Waals surface area contributed by atoms with Gasteiger partial charge in [-0.25, -0.2) is 4.98 Å². The normalized spacial score (nSPS) is 12.7. The molecule has 0 bridgehead atoms. The van der Waals surface area contributed by atoms with Crippen LogP contribution >= 0.6 is 12.6 Å². The summed E-state index contributed by atoms with van der Waals surface area (Å²) >= 11 is 4.34. The zero-order valence-corrected chi connectivity index (χ0v) is 9.56. The summed E-state index contributed by atoms with van der Waals surface area (Å²) in [5, 5.41) is 0.769. The molecule has 1 aromatic carbocycles. The first-order chi connectivity index (χ1) is 7.33. The van der Waals surface area contributed by atoms with E-state index in [2.05, 4.69) is 53.4 Å². The number of imidazole rings is 1. The Morgan fingerprint density at radius 3 is 2.60 bits per heavy atom. The van der Waals surface area contributed by atoms with Crippen LogP contribution < -0.4 is 0 Å². The third kappa shape index (κ3) is 2.07. The van der Waals surface area contributed by atoms with Gasteiger partial charge in [0.1, 0.15) is 0 Å². The number of nitrogens with zero attached hydrogens (tertiary/aromatic N) is 2. The van der Waals surface area contributed by atoms with Crippen LogP contribution in [0.25, 0.3) is 0 Å². The minimum atomic E-state index is 0.334. The highest BCUT2D eigenvalue weighted by Crippen LogP contribution is 2.23. The van der Waals surface area contributed by atoms with E-state index in [1.165, 1.54) is 5.56 Å². The van der Waals surface area contributed by atoms with Gasteiger partial charge in [0.15, 0.2) is 5.16 Å². The largest absolute Gasteiger partial charge is 0.319 e. The van der Waals surface area contributed by atoms with E-state index in [0.29, 0.717) is 6.04 Å². The summed E-state index contributed by atoms with van der Waals surface area (Å²) in [5.74, 6) is 0. The standard InChI is InChI=1S/C12H14N2S/c1-2-11(10-6-4-3-5-7-10)14-9-8-13-12(14)15/h3-9,11H,2H2,1H3,(H,13,15). The molecular weight excluding hydrogens is 204 g/mol. The van der Waals surface area contributed by atoms with Crippen LogP contribution in [0.4, 0.5) is 0 Å². The molecule has 0 aliphatic rings. The lowest BCUT2D eigenvalue weighted by Gasteiger charge is -2.18. The second-order valence-electron chi connectivity index (χ2n) is 3.47. The van der Waals surface area contributed by atoms with Crippen molar-refractivity contribution in [3.63, 3.8) is 0 Å². The SMILES string of the molecule is CCC(c1ccccc1)n1ccnc1S. The quantitative estimate of drug-likeness (QED) is 0.783. The Balaban J connectivity index is 2.37. The smallest absolute Gasteiger partial charge is 0.165 e. The molecule has 0 N–H and O–H groups in total. The topological polar surface area (TPSA) is 17.8 Å². The maximum Gasteiger partial charge on any atom is 0.165 e. The second-order valence-corrected chi connectivity index (χ2v) is 3.87. The van der Waals surface area contributed by atoms with Crippen LogP contribution in [-0.4, -0.2) is 9.55 Å². The minimum Gasteiger partial charge on any atom is -0.319 e.